The summed E-state index contributed by atoms with van der Waals surface area (Å²) in [5.74, 6) is -1.56. The Bertz CT molecular complexity index is 777. The molecule has 134 valence electrons. The minimum atomic E-state index is -0.551. The number of carbonyl (C=O) groups excluding carboxylic acids is 3. The number of nitrogens with one attached hydrogen (secondary N) is 1. The van der Waals surface area contributed by atoms with Gasteiger partial charge in [0.15, 0.2) is 6.61 Å². The fraction of sp³-hybridized carbons (Fsp3) is 0.250. The third kappa shape index (κ3) is 4.47. The third-order valence-corrected chi connectivity index (χ3v) is 4.20. The van der Waals surface area contributed by atoms with Crippen LogP contribution >= 0.6 is 0 Å². The fourth-order valence-electron chi connectivity index (χ4n) is 2.83. The van der Waals surface area contributed by atoms with E-state index in [-0.39, 0.29) is 31.4 Å². The van der Waals surface area contributed by atoms with E-state index in [2.05, 4.69) is 5.32 Å². The summed E-state index contributed by atoms with van der Waals surface area (Å²) in [7, 11) is 0. The van der Waals surface area contributed by atoms with Crippen molar-refractivity contribution in [3.8, 4) is 0 Å². The molecule has 0 saturated carbocycles. The van der Waals surface area contributed by atoms with E-state index < -0.39 is 11.9 Å². The van der Waals surface area contributed by atoms with Gasteiger partial charge in [0.05, 0.1) is 5.92 Å². The van der Waals surface area contributed by atoms with Crippen LogP contribution in [0.15, 0.2) is 60.7 Å². The average Bonchev–Trinajstić information content (AvgIpc) is 3.08. The van der Waals surface area contributed by atoms with Crippen LogP contribution in [0.5, 0.6) is 0 Å². The van der Waals surface area contributed by atoms with Gasteiger partial charge in [0.25, 0.3) is 5.91 Å². The Morgan fingerprint density at radius 3 is 2.38 bits per heavy atom. The largest absolute Gasteiger partial charge is 0.455 e. The van der Waals surface area contributed by atoms with E-state index in [0.717, 1.165) is 11.3 Å². The molecule has 1 heterocycles. The monoisotopic (exact) mass is 352 g/mol. The van der Waals surface area contributed by atoms with Crippen molar-refractivity contribution < 1.29 is 19.1 Å². The number of hydrogen-bond acceptors (Lipinski definition) is 4. The van der Waals surface area contributed by atoms with Crippen LogP contribution in [-0.4, -0.2) is 30.9 Å². The molecule has 6 heteroatoms. The number of nitrogens with zero attached hydrogens (tertiary/aromatic N) is 1. The zero-order chi connectivity index (χ0) is 18.4. The molecule has 0 bridgehead atoms. The van der Waals surface area contributed by atoms with Crippen molar-refractivity contribution in [2.45, 2.75) is 13.0 Å². The molecule has 0 spiro atoms. The van der Waals surface area contributed by atoms with Crippen molar-refractivity contribution in [3.05, 3.63) is 66.2 Å². The minimum Gasteiger partial charge on any atom is -0.455 e. The fourth-order valence-corrected chi connectivity index (χ4v) is 2.83. The Labute approximate surface area is 151 Å². The Balaban J connectivity index is 1.45. The first-order valence-electron chi connectivity index (χ1n) is 8.46. The van der Waals surface area contributed by atoms with Gasteiger partial charge in [-0.1, -0.05) is 48.5 Å². The van der Waals surface area contributed by atoms with Crippen LogP contribution in [0.2, 0.25) is 0 Å². The molecular formula is C20H20N2O4. The van der Waals surface area contributed by atoms with E-state index in [1.807, 2.05) is 60.7 Å². The molecule has 1 saturated heterocycles. The van der Waals surface area contributed by atoms with Crippen LogP contribution in [0.4, 0.5) is 5.69 Å². The topological polar surface area (TPSA) is 75.7 Å². The highest BCUT2D eigenvalue weighted by atomic mass is 16.5. The molecule has 2 aromatic rings. The first-order chi connectivity index (χ1) is 12.6. The average molecular weight is 352 g/mol. The smallest absolute Gasteiger partial charge is 0.311 e. The van der Waals surface area contributed by atoms with Gasteiger partial charge in [0.2, 0.25) is 5.91 Å². The summed E-state index contributed by atoms with van der Waals surface area (Å²) in [5.41, 5.74) is 1.72. The van der Waals surface area contributed by atoms with Crippen molar-refractivity contribution in [1.82, 2.24) is 5.32 Å². The number of para-hydroxylation sites is 1. The molecule has 1 fully saturated rings. The molecule has 2 aromatic carbocycles. The van der Waals surface area contributed by atoms with Crippen LogP contribution in [0.25, 0.3) is 0 Å². The highest BCUT2D eigenvalue weighted by Crippen LogP contribution is 2.25. The normalized spacial score (nSPS) is 16.4. The van der Waals surface area contributed by atoms with E-state index in [0.29, 0.717) is 6.54 Å². The van der Waals surface area contributed by atoms with Gasteiger partial charge in [-0.2, -0.15) is 0 Å². The molecule has 0 unspecified atom stereocenters. The third-order valence-electron chi connectivity index (χ3n) is 4.20. The predicted octanol–water partition coefficient (Wildman–Crippen LogP) is 1.90. The van der Waals surface area contributed by atoms with E-state index in [9.17, 15) is 14.4 Å². The standard InChI is InChI=1S/C20H20N2O4/c23-18(21-12-15-7-3-1-4-8-15)14-26-20(25)16-11-19(24)22(13-16)17-9-5-2-6-10-17/h1-10,16H,11-14H2,(H,21,23)/t16-/m0/s1. The van der Waals surface area contributed by atoms with Crippen molar-refractivity contribution in [2.75, 3.05) is 18.1 Å². The second-order valence-corrected chi connectivity index (χ2v) is 6.11. The van der Waals surface area contributed by atoms with Gasteiger partial charge in [-0.05, 0) is 17.7 Å². The van der Waals surface area contributed by atoms with Gasteiger partial charge in [-0.3, -0.25) is 14.4 Å². The maximum absolute atomic E-state index is 12.2. The summed E-state index contributed by atoms with van der Waals surface area (Å²) >= 11 is 0. The van der Waals surface area contributed by atoms with Gasteiger partial charge in [-0.25, -0.2) is 0 Å². The number of ether oxygens (including phenoxy) is 1. The maximum Gasteiger partial charge on any atom is 0.311 e. The first-order valence-corrected chi connectivity index (χ1v) is 8.46. The first kappa shape index (κ1) is 17.7. The molecule has 0 radical (unpaired) electrons. The minimum absolute atomic E-state index is 0.0966. The van der Waals surface area contributed by atoms with Gasteiger partial charge in [0, 0.05) is 25.2 Å². The highest BCUT2D eigenvalue weighted by Gasteiger charge is 2.36. The van der Waals surface area contributed by atoms with Crippen LogP contribution in [-0.2, 0) is 25.7 Å². The Morgan fingerprint density at radius 1 is 1.04 bits per heavy atom. The lowest BCUT2D eigenvalue weighted by Crippen LogP contribution is -2.31. The van der Waals surface area contributed by atoms with Crippen LogP contribution in [0, 0.1) is 5.92 Å². The molecule has 0 aromatic heterocycles. The predicted molar refractivity (Wildman–Crippen MR) is 96.1 cm³/mol. The van der Waals surface area contributed by atoms with Crippen molar-refractivity contribution in [1.29, 1.82) is 0 Å². The summed E-state index contributed by atoms with van der Waals surface area (Å²) in [4.78, 5) is 37.7. The summed E-state index contributed by atoms with van der Waals surface area (Å²) in [6.07, 6.45) is 0.0966. The van der Waals surface area contributed by atoms with Crippen LogP contribution < -0.4 is 10.2 Å². The summed E-state index contributed by atoms with van der Waals surface area (Å²) in [6.45, 7) is 0.302. The number of benzene rings is 2. The number of carbonyl (C=O) groups is 3. The van der Waals surface area contributed by atoms with Crippen molar-refractivity contribution in [2.24, 2.45) is 5.92 Å². The van der Waals surface area contributed by atoms with E-state index in [4.69, 9.17) is 4.74 Å². The Hall–Kier alpha value is -3.15. The lowest BCUT2D eigenvalue weighted by molar-refractivity contribution is -0.152. The SMILES string of the molecule is O=C(COC(=O)[C@H]1CC(=O)N(c2ccccc2)C1)NCc1ccccc1. The van der Waals surface area contributed by atoms with Crippen LogP contribution in [0.3, 0.4) is 0 Å². The number of rotatable bonds is 6. The molecule has 6 nitrogen and oxygen atoms in total. The van der Waals surface area contributed by atoms with Gasteiger partial charge in [-0.15, -0.1) is 0 Å². The highest BCUT2D eigenvalue weighted by molar-refractivity contribution is 5.99. The van der Waals surface area contributed by atoms with E-state index >= 15 is 0 Å². The molecule has 3 rings (SSSR count). The van der Waals surface area contributed by atoms with Gasteiger partial charge >= 0.3 is 5.97 Å². The molecule has 26 heavy (non-hydrogen) atoms. The lowest BCUT2D eigenvalue weighted by atomic mass is 10.1. The van der Waals surface area contributed by atoms with Crippen LogP contribution in [0.1, 0.15) is 12.0 Å². The quantitative estimate of drug-likeness (QED) is 0.806. The molecule has 1 atom stereocenters. The number of amides is 2. The number of anilines is 1. The second-order valence-electron chi connectivity index (χ2n) is 6.11. The number of esters is 1. The van der Waals surface area contributed by atoms with Crippen molar-refractivity contribution in [3.63, 3.8) is 0 Å². The molecule has 1 aliphatic rings. The molecule has 0 aliphatic carbocycles. The molecule has 1 N–H and O–H groups in total. The lowest BCUT2D eigenvalue weighted by Gasteiger charge is -2.16. The maximum atomic E-state index is 12.2. The van der Waals surface area contributed by atoms with Crippen molar-refractivity contribution >= 4 is 23.5 Å². The molecule has 2 amide bonds. The van der Waals surface area contributed by atoms with Gasteiger partial charge in [0.1, 0.15) is 0 Å². The summed E-state index contributed by atoms with van der Waals surface area (Å²) in [5, 5.41) is 2.69. The second kappa shape index (κ2) is 8.29. The number of hydrogen-bond donors (Lipinski definition) is 1. The summed E-state index contributed by atoms with van der Waals surface area (Å²) in [6, 6.07) is 18.7. The van der Waals surface area contributed by atoms with E-state index in [1.165, 1.54) is 0 Å². The Kier molecular flexibility index (Phi) is 5.63. The zero-order valence-corrected chi connectivity index (χ0v) is 14.3. The Morgan fingerprint density at radius 2 is 1.69 bits per heavy atom. The zero-order valence-electron chi connectivity index (χ0n) is 14.3. The van der Waals surface area contributed by atoms with E-state index in [1.54, 1.807) is 4.90 Å². The molecular weight excluding hydrogens is 332 g/mol. The molecule has 1 aliphatic heterocycles. The van der Waals surface area contributed by atoms with Gasteiger partial charge < -0.3 is 15.0 Å². The summed E-state index contributed by atoms with van der Waals surface area (Å²) < 4.78 is 5.08.